The van der Waals surface area contributed by atoms with Gasteiger partial charge in [0.05, 0.1) is 0 Å². The summed E-state index contributed by atoms with van der Waals surface area (Å²) < 4.78 is 13.5. The number of hydrogen-bond acceptors (Lipinski definition) is 2. The molecule has 0 radical (unpaired) electrons. The lowest BCUT2D eigenvalue weighted by Gasteiger charge is -2.30. The highest BCUT2D eigenvalue weighted by Gasteiger charge is 2.29. The molecular formula is C28H30FN3O2. The maximum absolute atomic E-state index is 13.7. The molecule has 0 aromatic heterocycles. The number of likely N-dealkylation sites (N-methyl/N-ethyl adjacent to an activating group) is 1. The number of carbonyl (C=O) groups excluding carboxylic acids is 2. The second-order valence-corrected chi connectivity index (χ2v) is 8.49. The number of benzene rings is 3. The van der Waals surface area contributed by atoms with Gasteiger partial charge in [-0.05, 0) is 67.6 Å². The van der Waals surface area contributed by atoms with Crippen molar-refractivity contribution in [1.82, 2.24) is 5.32 Å². The second-order valence-electron chi connectivity index (χ2n) is 8.49. The van der Waals surface area contributed by atoms with Crippen LogP contribution >= 0.6 is 0 Å². The third kappa shape index (κ3) is 5.45. The molecule has 0 bridgehead atoms. The number of rotatable bonds is 6. The summed E-state index contributed by atoms with van der Waals surface area (Å²) >= 11 is 0. The highest BCUT2D eigenvalue weighted by molar-refractivity contribution is 6.01. The molecule has 0 spiro atoms. The summed E-state index contributed by atoms with van der Waals surface area (Å²) in [7, 11) is 0. The summed E-state index contributed by atoms with van der Waals surface area (Å²) in [5.74, 6) is -0.587. The largest absolute Gasteiger partial charge is 0.326 e. The molecule has 3 amide bonds. The third-order valence-corrected chi connectivity index (χ3v) is 6.20. The summed E-state index contributed by atoms with van der Waals surface area (Å²) in [5.41, 5.74) is 3.59. The van der Waals surface area contributed by atoms with E-state index in [0.717, 1.165) is 36.1 Å². The van der Waals surface area contributed by atoms with Gasteiger partial charge in [-0.15, -0.1) is 0 Å². The van der Waals surface area contributed by atoms with Crippen molar-refractivity contribution in [3.05, 3.63) is 95.8 Å². The number of amides is 3. The molecule has 1 atom stereocenters. The number of aryl methyl sites for hydroxylation is 1. The molecule has 3 aromatic rings. The Morgan fingerprint density at radius 1 is 0.971 bits per heavy atom. The van der Waals surface area contributed by atoms with Gasteiger partial charge in [-0.25, -0.2) is 9.18 Å². The highest BCUT2D eigenvalue weighted by atomic mass is 19.1. The fraction of sp³-hybridized carbons (Fsp3) is 0.286. The maximum atomic E-state index is 13.7. The number of anilines is 2. The third-order valence-electron chi connectivity index (χ3n) is 6.20. The number of nitrogens with one attached hydrogen (secondary N) is 1. The van der Waals surface area contributed by atoms with E-state index >= 15 is 0 Å². The van der Waals surface area contributed by atoms with Gasteiger partial charge in [-0.1, -0.05) is 48.5 Å². The zero-order chi connectivity index (χ0) is 23.9. The van der Waals surface area contributed by atoms with E-state index in [2.05, 4.69) is 11.4 Å². The van der Waals surface area contributed by atoms with Crippen molar-refractivity contribution < 1.29 is 14.0 Å². The van der Waals surface area contributed by atoms with E-state index in [1.54, 1.807) is 21.9 Å². The Hall–Kier alpha value is -3.67. The van der Waals surface area contributed by atoms with Crippen molar-refractivity contribution in [3.8, 4) is 0 Å². The quantitative estimate of drug-likeness (QED) is 0.541. The number of fused-ring (bicyclic) bond motifs is 1. The van der Waals surface area contributed by atoms with Gasteiger partial charge in [-0.2, -0.15) is 0 Å². The molecule has 0 saturated heterocycles. The van der Waals surface area contributed by atoms with Crippen LogP contribution in [0.25, 0.3) is 0 Å². The molecule has 176 valence electrons. The van der Waals surface area contributed by atoms with Crippen LogP contribution in [0.4, 0.5) is 20.6 Å². The van der Waals surface area contributed by atoms with Gasteiger partial charge in [-0.3, -0.25) is 9.69 Å². The average Bonchev–Trinajstić information content (AvgIpc) is 3.08. The van der Waals surface area contributed by atoms with Crippen molar-refractivity contribution in [3.63, 3.8) is 0 Å². The summed E-state index contributed by atoms with van der Waals surface area (Å²) in [6, 6.07) is 22.4. The van der Waals surface area contributed by atoms with Crippen molar-refractivity contribution in [2.24, 2.45) is 0 Å². The summed E-state index contributed by atoms with van der Waals surface area (Å²) in [4.78, 5) is 30.5. The highest BCUT2D eigenvalue weighted by Crippen LogP contribution is 2.26. The Balaban J connectivity index is 1.61. The maximum Gasteiger partial charge on any atom is 0.322 e. The van der Waals surface area contributed by atoms with Crippen molar-refractivity contribution >= 4 is 23.3 Å². The van der Waals surface area contributed by atoms with E-state index in [0.29, 0.717) is 25.2 Å². The molecule has 1 aliphatic rings. The topological polar surface area (TPSA) is 52.7 Å². The molecule has 4 rings (SSSR count). The Kier molecular flexibility index (Phi) is 7.58. The van der Waals surface area contributed by atoms with E-state index in [1.807, 2.05) is 55.5 Å². The van der Waals surface area contributed by atoms with Gasteiger partial charge in [0, 0.05) is 30.9 Å². The Labute approximate surface area is 200 Å². The molecule has 0 fully saturated rings. The Morgan fingerprint density at radius 3 is 2.41 bits per heavy atom. The average molecular weight is 460 g/mol. The molecule has 3 aromatic carbocycles. The van der Waals surface area contributed by atoms with E-state index in [-0.39, 0.29) is 17.8 Å². The van der Waals surface area contributed by atoms with E-state index in [9.17, 15) is 14.0 Å². The Morgan fingerprint density at radius 2 is 1.68 bits per heavy atom. The van der Waals surface area contributed by atoms with Crippen LogP contribution in [-0.4, -0.2) is 31.1 Å². The fourth-order valence-corrected chi connectivity index (χ4v) is 4.45. The first kappa shape index (κ1) is 23.5. The molecule has 0 saturated carbocycles. The monoisotopic (exact) mass is 459 g/mol. The first-order chi connectivity index (χ1) is 16.6. The van der Waals surface area contributed by atoms with Crippen LogP contribution in [0.2, 0.25) is 0 Å². The van der Waals surface area contributed by atoms with Crippen molar-refractivity contribution in [2.45, 2.75) is 38.6 Å². The van der Waals surface area contributed by atoms with Crippen molar-refractivity contribution in [2.75, 3.05) is 22.9 Å². The normalized spacial score (nSPS) is 14.0. The van der Waals surface area contributed by atoms with E-state index < -0.39 is 6.04 Å². The molecule has 34 heavy (non-hydrogen) atoms. The zero-order valence-corrected chi connectivity index (χ0v) is 19.4. The van der Waals surface area contributed by atoms with E-state index in [4.69, 9.17) is 0 Å². The van der Waals surface area contributed by atoms with Gasteiger partial charge in [0.25, 0.3) is 0 Å². The van der Waals surface area contributed by atoms with Gasteiger partial charge < -0.3 is 10.2 Å². The SMILES string of the molecule is CCN(C(=O)C(Cc1ccccc1)NC(=O)N1CCCCc2ccccc21)c1ccc(F)cc1. The minimum Gasteiger partial charge on any atom is -0.326 e. The molecule has 1 heterocycles. The standard InChI is InChI=1S/C28H30FN3O2/c1-2-31(24-17-15-23(29)16-18-24)27(33)25(20-21-10-4-3-5-11-21)30-28(34)32-19-9-8-13-22-12-6-7-14-26(22)32/h3-7,10-12,14-18,25H,2,8-9,13,19-20H2,1H3,(H,30,34). The van der Waals surface area contributed by atoms with Gasteiger partial charge in [0.2, 0.25) is 5.91 Å². The number of para-hydroxylation sites is 1. The van der Waals surface area contributed by atoms with Crippen LogP contribution in [0.3, 0.4) is 0 Å². The van der Waals surface area contributed by atoms with Gasteiger partial charge >= 0.3 is 6.03 Å². The fourth-order valence-electron chi connectivity index (χ4n) is 4.45. The van der Waals surface area contributed by atoms with Crippen LogP contribution in [-0.2, 0) is 17.6 Å². The molecule has 1 aliphatic heterocycles. The molecule has 5 nitrogen and oxygen atoms in total. The molecule has 1 unspecified atom stereocenters. The second kappa shape index (κ2) is 11.0. The van der Waals surface area contributed by atoms with Crippen LogP contribution < -0.4 is 15.1 Å². The lowest BCUT2D eigenvalue weighted by molar-refractivity contribution is -0.120. The number of halogens is 1. The number of urea groups is 1. The Bertz CT molecular complexity index is 1120. The molecule has 0 aliphatic carbocycles. The van der Waals surface area contributed by atoms with Gasteiger partial charge in [0.15, 0.2) is 0 Å². The first-order valence-electron chi connectivity index (χ1n) is 11.8. The van der Waals surface area contributed by atoms with Crippen LogP contribution in [0.15, 0.2) is 78.9 Å². The predicted octanol–water partition coefficient (Wildman–Crippen LogP) is 5.34. The first-order valence-corrected chi connectivity index (χ1v) is 11.8. The number of nitrogens with zero attached hydrogens (tertiary/aromatic N) is 2. The predicted molar refractivity (Wildman–Crippen MR) is 134 cm³/mol. The molecule has 1 N–H and O–H groups in total. The summed E-state index contributed by atoms with van der Waals surface area (Å²) in [5, 5.41) is 3.02. The number of hydrogen-bond donors (Lipinski definition) is 1. The summed E-state index contributed by atoms with van der Waals surface area (Å²) in [6.45, 7) is 2.87. The minimum atomic E-state index is -0.768. The lowest BCUT2D eigenvalue weighted by Crippen LogP contribution is -2.53. The van der Waals surface area contributed by atoms with Crippen molar-refractivity contribution in [1.29, 1.82) is 0 Å². The van der Waals surface area contributed by atoms with Crippen LogP contribution in [0, 0.1) is 5.82 Å². The lowest BCUT2D eigenvalue weighted by atomic mass is 10.0. The van der Waals surface area contributed by atoms with Gasteiger partial charge in [0.1, 0.15) is 11.9 Å². The smallest absolute Gasteiger partial charge is 0.322 e. The zero-order valence-electron chi connectivity index (χ0n) is 19.4. The van der Waals surface area contributed by atoms with Crippen LogP contribution in [0.5, 0.6) is 0 Å². The van der Waals surface area contributed by atoms with Crippen LogP contribution in [0.1, 0.15) is 30.9 Å². The molecular weight excluding hydrogens is 429 g/mol. The van der Waals surface area contributed by atoms with E-state index in [1.165, 1.54) is 12.1 Å². The molecule has 6 heteroatoms. The number of carbonyl (C=O) groups is 2. The minimum absolute atomic E-state index is 0.227. The summed E-state index contributed by atoms with van der Waals surface area (Å²) in [6.07, 6.45) is 3.20.